The Morgan fingerprint density at radius 1 is 1.27 bits per heavy atom. The molecule has 0 bridgehead atoms. The zero-order valence-corrected chi connectivity index (χ0v) is 16.8. The number of sulfonamides is 1. The topological polar surface area (TPSA) is 122 Å². The van der Waals surface area contributed by atoms with Crippen molar-refractivity contribution in [2.75, 3.05) is 11.9 Å². The Bertz CT molecular complexity index is 1160. The first-order valence-electron chi connectivity index (χ1n) is 9.47. The standard InChI is InChI=1S/C21H21N3O5S/c1-2-10-22-30(28,29)14-7-8-19-17(12-14)15-4-3-5-16(15)21(23-19)18-11-13(24(26)27)6-9-20(18)25/h2-4,6-9,11-12,15-16,21-23,25H,1,5,10H2. The van der Waals surface area contributed by atoms with Crippen molar-refractivity contribution in [1.82, 2.24) is 4.72 Å². The van der Waals surface area contributed by atoms with Crippen molar-refractivity contribution in [3.05, 3.63) is 82.4 Å². The zero-order chi connectivity index (χ0) is 21.5. The summed E-state index contributed by atoms with van der Waals surface area (Å²) in [7, 11) is -3.66. The van der Waals surface area contributed by atoms with Gasteiger partial charge in [-0.2, -0.15) is 0 Å². The highest BCUT2D eigenvalue weighted by Crippen LogP contribution is 2.51. The number of non-ortho nitro benzene ring substituents is 1. The van der Waals surface area contributed by atoms with Crippen LogP contribution in [-0.2, 0) is 10.0 Å². The van der Waals surface area contributed by atoms with Crippen LogP contribution < -0.4 is 10.0 Å². The van der Waals surface area contributed by atoms with E-state index < -0.39 is 14.9 Å². The largest absolute Gasteiger partial charge is 0.508 e. The van der Waals surface area contributed by atoms with E-state index in [4.69, 9.17) is 0 Å². The van der Waals surface area contributed by atoms with Gasteiger partial charge in [-0.05, 0) is 42.2 Å². The van der Waals surface area contributed by atoms with Gasteiger partial charge in [0, 0.05) is 35.8 Å². The van der Waals surface area contributed by atoms with Crippen molar-refractivity contribution in [1.29, 1.82) is 0 Å². The highest BCUT2D eigenvalue weighted by atomic mass is 32.2. The molecule has 2 aromatic carbocycles. The van der Waals surface area contributed by atoms with Gasteiger partial charge in [0.2, 0.25) is 10.0 Å². The number of fused-ring (bicyclic) bond motifs is 3. The number of aromatic hydroxyl groups is 1. The number of phenolic OH excluding ortho intramolecular Hbond substituents is 1. The number of nitro groups is 1. The van der Waals surface area contributed by atoms with Crippen LogP contribution in [0.4, 0.5) is 11.4 Å². The summed E-state index contributed by atoms with van der Waals surface area (Å²) in [5, 5.41) is 25.0. The SMILES string of the molecule is C=CCNS(=O)(=O)c1ccc2c(c1)C1C=CCC1C(c1cc([N+](=O)[O-])ccc1O)N2. The number of hydrogen-bond acceptors (Lipinski definition) is 6. The molecule has 156 valence electrons. The lowest BCUT2D eigenvalue weighted by molar-refractivity contribution is -0.385. The van der Waals surface area contributed by atoms with Crippen LogP contribution in [0.2, 0.25) is 0 Å². The number of nitro benzene ring substituents is 1. The average Bonchev–Trinajstić information content (AvgIpc) is 3.22. The average molecular weight is 427 g/mol. The third-order valence-corrected chi connectivity index (χ3v) is 7.04. The van der Waals surface area contributed by atoms with Crippen molar-refractivity contribution >= 4 is 21.4 Å². The fraction of sp³-hybridized carbons (Fsp3) is 0.238. The molecule has 3 atom stereocenters. The highest BCUT2D eigenvalue weighted by Gasteiger charge is 2.39. The first-order chi connectivity index (χ1) is 14.3. The minimum atomic E-state index is -3.66. The lowest BCUT2D eigenvalue weighted by Crippen LogP contribution is -2.30. The number of phenols is 1. The van der Waals surface area contributed by atoms with E-state index in [1.807, 2.05) is 12.2 Å². The molecule has 0 saturated heterocycles. The van der Waals surface area contributed by atoms with Gasteiger partial charge < -0.3 is 10.4 Å². The summed E-state index contributed by atoms with van der Waals surface area (Å²) in [6, 6.07) is 8.52. The lowest BCUT2D eigenvalue weighted by Gasteiger charge is -2.37. The number of rotatable bonds is 6. The summed E-state index contributed by atoms with van der Waals surface area (Å²) in [4.78, 5) is 10.9. The van der Waals surface area contributed by atoms with E-state index in [1.54, 1.807) is 12.1 Å². The number of benzene rings is 2. The molecule has 0 aromatic heterocycles. The van der Waals surface area contributed by atoms with E-state index in [0.29, 0.717) is 12.0 Å². The smallest absolute Gasteiger partial charge is 0.270 e. The Morgan fingerprint density at radius 3 is 2.80 bits per heavy atom. The Balaban J connectivity index is 1.75. The number of anilines is 1. The van der Waals surface area contributed by atoms with E-state index in [2.05, 4.69) is 16.6 Å². The first kappa shape index (κ1) is 20.1. The second-order valence-electron chi connectivity index (χ2n) is 7.37. The number of allylic oxidation sites excluding steroid dienone is 2. The van der Waals surface area contributed by atoms with Crippen LogP contribution in [0.25, 0.3) is 0 Å². The maximum atomic E-state index is 12.5. The number of nitrogens with one attached hydrogen (secondary N) is 2. The summed E-state index contributed by atoms with van der Waals surface area (Å²) in [6.07, 6.45) is 6.23. The Morgan fingerprint density at radius 2 is 2.07 bits per heavy atom. The molecule has 0 spiro atoms. The molecule has 0 saturated carbocycles. The molecule has 9 heteroatoms. The van der Waals surface area contributed by atoms with E-state index in [-0.39, 0.29) is 40.8 Å². The van der Waals surface area contributed by atoms with E-state index in [0.717, 1.165) is 11.3 Å². The van der Waals surface area contributed by atoms with Crippen molar-refractivity contribution in [2.45, 2.75) is 23.3 Å². The Labute approximate surface area is 174 Å². The summed E-state index contributed by atoms with van der Waals surface area (Å²) in [6.45, 7) is 3.66. The molecule has 3 unspecified atom stereocenters. The molecular weight excluding hydrogens is 406 g/mol. The molecule has 8 nitrogen and oxygen atoms in total. The van der Waals surface area contributed by atoms with Crippen molar-refractivity contribution in [2.24, 2.45) is 5.92 Å². The normalized spacial score (nSPS) is 22.1. The predicted octanol–water partition coefficient (Wildman–Crippen LogP) is 3.59. The van der Waals surface area contributed by atoms with Crippen molar-refractivity contribution in [3.63, 3.8) is 0 Å². The molecule has 0 amide bonds. The zero-order valence-electron chi connectivity index (χ0n) is 16.0. The molecule has 3 N–H and O–H groups in total. The molecule has 2 aliphatic rings. The maximum absolute atomic E-state index is 12.5. The fourth-order valence-electron chi connectivity index (χ4n) is 4.20. The van der Waals surface area contributed by atoms with Crippen molar-refractivity contribution < 1.29 is 18.4 Å². The number of hydrogen-bond donors (Lipinski definition) is 3. The van der Waals surface area contributed by atoms with Gasteiger partial charge in [-0.3, -0.25) is 10.1 Å². The van der Waals surface area contributed by atoms with Crippen LogP contribution in [0, 0.1) is 16.0 Å². The molecule has 0 radical (unpaired) electrons. The highest BCUT2D eigenvalue weighted by molar-refractivity contribution is 7.89. The van der Waals surface area contributed by atoms with Crippen LogP contribution in [0.5, 0.6) is 5.75 Å². The molecule has 1 heterocycles. The first-order valence-corrected chi connectivity index (χ1v) is 10.9. The van der Waals surface area contributed by atoms with Gasteiger partial charge in [0.25, 0.3) is 5.69 Å². The van der Waals surface area contributed by atoms with Gasteiger partial charge in [-0.25, -0.2) is 13.1 Å². The Hall–Kier alpha value is -3.17. The van der Waals surface area contributed by atoms with Crippen molar-refractivity contribution in [3.8, 4) is 5.75 Å². The summed E-state index contributed by atoms with van der Waals surface area (Å²) in [5.74, 6) is -0.0935. The van der Waals surface area contributed by atoms with Crippen LogP contribution in [0.15, 0.2) is 66.1 Å². The molecule has 30 heavy (non-hydrogen) atoms. The second kappa shape index (κ2) is 7.58. The second-order valence-corrected chi connectivity index (χ2v) is 9.13. The van der Waals surface area contributed by atoms with Gasteiger partial charge in [0.1, 0.15) is 5.75 Å². The van der Waals surface area contributed by atoms with Gasteiger partial charge in [-0.1, -0.05) is 18.2 Å². The van der Waals surface area contributed by atoms with E-state index in [9.17, 15) is 23.6 Å². The fourth-order valence-corrected chi connectivity index (χ4v) is 5.24. The van der Waals surface area contributed by atoms with Gasteiger partial charge >= 0.3 is 0 Å². The summed E-state index contributed by atoms with van der Waals surface area (Å²) in [5.41, 5.74) is 1.95. The molecule has 1 aliphatic heterocycles. The predicted molar refractivity (Wildman–Crippen MR) is 113 cm³/mol. The minimum Gasteiger partial charge on any atom is -0.508 e. The summed E-state index contributed by atoms with van der Waals surface area (Å²) >= 11 is 0. The van der Waals surface area contributed by atoms with E-state index in [1.165, 1.54) is 30.3 Å². The van der Waals surface area contributed by atoms with Crippen LogP contribution >= 0.6 is 0 Å². The van der Waals surface area contributed by atoms with Crippen LogP contribution in [0.3, 0.4) is 0 Å². The maximum Gasteiger partial charge on any atom is 0.270 e. The molecular formula is C21H21N3O5S. The number of nitrogens with zero attached hydrogens (tertiary/aromatic N) is 1. The van der Waals surface area contributed by atoms with Gasteiger partial charge in [0.15, 0.2) is 0 Å². The lowest BCUT2D eigenvalue weighted by atomic mass is 9.77. The molecule has 1 aliphatic carbocycles. The summed E-state index contributed by atoms with van der Waals surface area (Å²) < 4.78 is 27.5. The van der Waals surface area contributed by atoms with Gasteiger partial charge in [0.05, 0.1) is 15.9 Å². The molecule has 4 rings (SSSR count). The third kappa shape index (κ3) is 3.46. The van der Waals surface area contributed by atoms with Crippen LogP contribution in [-0.4, -0.2) is 25.0 Å². The Kier molecular flexibility index (Phi) is 5.08. The quantitative estimate of drug-likeness (QED) is 0.368. The molecule has 2 aromatic rings. The van der Waals surface area contributed by atoms with E-state index >= 15 is 0 Å². The molecule has 0 fully saturated rings. The third-order valence-electron chi connectivity index (χ3n) is 5.62. The van der Waals surface area contributed by atoms with Gasteiger partial charge in [-0.15, -0.1) is 6.58 Å². The monoisotopic (exact) mass is 427 g/mol. The minimum absolute atomic E-state index is 0.00973. The van der Waals surface area contributed by atoms with Crippen LogP contribution in [0.1, 0.15) is 29.5 Å².